The summed E-state index contributed by atoms with van der Waals surface area (Å²) in [6.45, 7) is 0.911. The number of nitrogens with one attached hydrogen (secondary N) is 1. The molecule has 0 saturated heterocycles. The highest BCUT2D eigenvalue weighted by Gasteiger charge is 2.23. The molecule has 0 fully saturated rings. The number of amides is 1. The van der Waals surface area contributed by atoms with Crippen molar-refractivity contribution in [1.82, 2.24) is 14.9 Å². The molecule has 0 radical (unpaired) electrons. The number of hydrogen-bond donors (Lipinski definition) is 1. The standard InChI is InChI=1S/C22H22ClN3O4/c1-26-7-6-24-22(26)20(15-4-3-5-16(13-15)28-2)25-19(27)12-14-10-17(23)21-18(11-14)29-8-9-30-21/h3-7,10-11,13,20H,8-9,12H2,1-2H3,(H,25,27). The van der Waals surface area contributed by atoms with E-state index < -0.39 is 6.04 Å². The Kier molecular flexibility index (Phi) is 5.81. The predicted molar refractivity (Wildman–Crippen MR) is 112 cm³/mol. The Hall–Kier alpha value is -3.19. The van der Waals surface area contributed by atoms with Crippen LogP contribution in [0.25, 0.3) is 0 Å². The van der Waals surface area contributed by atoms with E-state index in [0.29, 0.717) is 35.5 Å². The van der Waals surface area contributed by atoms with Gasteiger partial charge < -0.3 is 24.1 Å². The monoisotopic (exact) mass is 427 g/mol. The van der Waals surface area contributed by atoms with Gasteiger partial charge in [-0.2, -0.15) is 0 Å². The fourth-order valence-electron chi connectivity index (χ4n) is 3.44. The number of nitrogens with zero attached hydrogens (tertiary/aromatic N) is 2. The number of aryl methyl sites for hydroxylation is 1. The second-order valence-electron chi connectivity index (χ2n) is 6.95. The van der Waals surface area contributed by atoms with Gasteiger partial charge in [0.1, 0.15) is 30.8 Å². The van der Waals surface area contributed by atoms with Crippen LogP contribution in [0.4, 0.5) is 0 Å². The van der Waals surface area contributed by atoms with Gasteiger partial charge in [-0.3, -0.25) is 4.79 Å². The molecule has 0 saturated carbocycles. The van der Waals surface area contributed by atoms with E-state index in [0.717, 1.165) is 17.0 Å². The molecule has 1 aromatic heterocycles. The zero-order valence-corrected chi connectivity index (χ0v) is 17.5. The van der Waals surface area contributed by atoms with E-state index in [1.807, 2.05) is 42.1 Å². The minimum Gasteiger partial charge on any atom is -0.497 e. The molecule has 1 unspecified atom stereocenters. The molecule has 0 spiro atoms. The predicted octanol–water partition coefficient (Wildman–Crippen LogP) is 3.30. The zero-order chi connectivity index (χ0) is 21.1. The quantitative estimate of drug-likeness (QED) is 0.653. The van der Waals surface area contributed by atoms with Gasteiger partial charge in [0.05, 0.1) is 18.6 Å². The molecule has 0 aliphatic carbocycles. The third-order valence-corrected chi connectivity index (χ3v) is 5.15. The molecule has 30 heavy (non-hydrogen) atoms. The molecule has 3 aromatic rings. The lowest BCUT2D eigenvalue weighted by Gasteiger charge is -2.21. The number of hydrogen-bond acceptors (Lipinski definition) is 5. The number of rotatable bonds is 6. The minimum absolute atomic E-state index is 0.140. The highest BCUT2D eigenvalue weighted by molar-refractivity contribution is 6.32. The molecule has 2 aromatic carbocycles. The first-order valence-corrected chi connectivity index (χ1v) is 9.91. The van der Waals surface area contributed by atoms with E-state index in [-0.39, 0.29) is 12.3 Å². The molecule has 7 nitrogen and oxygen atoms in total. The smallest absolute Gasteiger partial charge is 0.225 e. The fourth-order valence-corrected chi connectivity index (χ4v) is 3.72. The maximum absolute atomic E-state index is 12.9. The molecule has 8 heteroatoms. The molecule has 1 aliphatic rings. The fraction of sp³-hybridized carbons (Fsp3) is 0.273. The van der Waals surface area contributed by atoms with Crippen molar-refractivity contribution < 1.29 is 19.0 Å². The lowest BCUT2D eigenvalue weighted by molar-refractivity contribution is -0.121. The Labute approximate surface area is 179 Å². The van der Waals surface area contributed by atoms with Crippen LogP contribution in [0.15, 0.2) is 48.8 Å². The normalized spacial score (nSPS) is 13.6. The number of fused-ring (bicyclic) bond motifs is 1. The molecule has 1 atom stereocenters. The zero-order valence-electron chi connectivity index (χ0n) is 16.7. The molecule has 1 amide bonds. The van der Waals surface area contributed by atoms with Crippen LogP contribution in [0.1, 0.15) is 23.0 Å². The Balaban J connectivity index is 1.58. The van der Waals surface area contributed by atoms with Crippen LogP contribution in [-0.4, -0.2) is 35.8 Å². The molecular formula is C22H22ClN3O4. The van der Waals surface area contributed by atoms with Crippen LogP contribution in [0.3, 0.4) is 0 Å². The van der Waals surface area contributed by atoms with Crippen LogP contribution in [0.2, 0.25) is 5.02 Å². The van der Waals surface area contributed by atoms with Crippen LogP contribution < -0.4 is 19.5 Å². The van der Waals surface area contributed by atoms with Gasteiger partial charge >= 0.3 is 0 Å². The third kappa shape index (κ3) is 4.21. The number of methoxy groups -OCH3 is 1. The molecule has 2 heterocycles. The molecule has 4 rings (SSSR count). The summed E-state index contributed by atoms with van der Waals surface area (Å²) in [5, 5.41) is 3.52. The second kappa shape index (κ2) is 8.67. The van der Waals surface area contributed by atoms with Gasteiger partial charge in [-0.25, -0.2) is 4.98 Å². The van der Waals surface area contributed by atoms with E-state index in [4.69, 9.17) is 25.8 Å². The number of benzene rings is 2. The summed E-state index contributed by atoms with van der Waals surface area (Å²) in [6, 6.07) is 10.7. The minimum atomic E-state index is -0.430. The number of halogens is 1. The van der Waals surface area contributed by atoms with Crippen molar-refractivity contribution in [3.8, 4) is 17.2 Å². The molecular weight excluding hydrogens is 406 g/mol. The maximum atomic E-state index is 12.9. The number of aromatic nitrogens is 2. The van der Waals surface area contributed by atoms with E-state index in [9.17, 15) is 4.79 Å². The van der Waals surface area contributed by atoms with E-state index in [2.05, 4.69) is 10.3 Å². The summed E-state index contributed by atoms with van der Waals surface area (Å²) in [5.74, 6) is 2.34. The SMILES string of the molecule is COc1cccc(C(NC(=O)Cc2cc(Cl)c3c(c2)OCCO3)c2nccn2C)c1. The lowest BCUT2D eigenvalue weighted by atomic mass is 10.0. The van der Waals surface area contributed by atoms with Crippen molar-refractivity contribution in [2.75, 3.05) is 20.3 Å². The van der Waals surface area contributed by atoms with Crippen molar-refractivity contribution in [1.29, 1.82) is 0 Å². The largest absolute Gasteiger partial charge is 0.497 e. The van der Waals surface area contributed by atoms with Crippen LogP contribution >= 0.6 is 11.6 Å². The van der Waals surface area contributed by atoms with Crippen molar-refractivity contribution in [2.45, 2.75) is 12.5 Å². The summed E-state index contributed by atoms with van der Waals surface area (Å²) in [7, 11) is 3.50. The van der Waals surface area contributed by atoms with Crippen LogP contribution in [-0.2, 0) is 18.3 Å². The van der Waals surface area contributed by atoms with Gasteiger partial charge in [0.15, 0.2) is 11.5 Å². The van der Waals surface area contributed by atoms with Crippen LogP contribution in [0, 0.1) is 0 Å². The average molecular weight is 428 g/mol. The van der Waals surface area contributed by atoms with Crippen molar-refractivity contribution in [2.24, 2.45) is 7.05 Å². The second-order valence-corrected chi connectivity index (χ2v) is 7.36. The number of ether oxygens (including phenoxy) is 3. The summed E-state index contributed by atoms with van der Waals surface area (Å²) >= 11 is 6.30. The Morgan fingerprint density at radius 1 is 1.30 bits per heavy atom. The van der Waals surface area contributed by atoms with Gasteiger partial charge in [0.25, 0.3) is 0 Å². The van der Waals surface area contributed by atoms with Crippen molar-refractivity contribution >= 4 is 17.5 Å². The molecule has 156 valence electrons. The average Bonchev–Trinajstić information content (AvgIpc) is 3.17. The topological polar surface area (TPSA) is 74.6 Å². The molecule has 0 bridgehead atoms. The maximum Gasteiger partial charge on any atom is 0.225 e. The van der Waals surface area contributed by atoms with Gasteiger partial charge in [-0.15, -0.1) is 0 Å². The summed E-state index contributed by atoms with van der Waals surface area (Å²) < 4.78 is 18.4. The van der Waals surface area contributed by atoms with Crippen LogP contribution in [0.5, 0.6) is 17.2 Å². The van der Waals surface area contributed by atoms with Gasteiger partial charge in [-0.1, -0.05) is 23.7 Å². The first kappa shape index (κ1) is 20.1. The summed E-state index contributed by atoms with van der Waals surface area (Å²) in [6.07, 6.45) is 3.69. The summed E-state index contributed by atoms with van der Waals surface area (Å²) in [4.78, 5) is 17.4. The Morgan fingerprint density at radius 3 is 2.90 bits per heavy atom. The Morgan fingerprint density at radius 2 is 2.13 bits per heavy atom. The molecule has 1 N–H and O–H groups in total. The number of carbonyl (C=O) groups excluding carboxylic acids is 1. The van der Waals surface area contributed by atoms with E-state index in [1.165, 1.54) is 0 Å². The van der Waals surface area contributed by atoms with E-state index in [1.54, 1.807) is 25.4 Å². The summed E-state index contributed by atoms with van der Waals surface area (Å²) in [5.41, 5.74) is 1.61. The number of imidazole rings is 1. The van der Waals surface area contributed by atoms with Crippen molar-refractivity contribution in [3.63, 3.8) is 0 Å². The van der Waals surface area contributed by atoms with Gasteiger partial charge in [0.2, 0.25) is 5.91 Å². The van der Waals surface area contributed by atoms with E-state index >= 15 is 0 Å². The first-order chi connectivity index (χ1) is 14.5. The highest BCUT2D eigenvalue weighted by Crippen LogP contribution is 2.38. The molecule has 1 aliphatic heterocycles. The van der Waals surface area contributed by atoms with Gasteiger partial charge in [-0.05, 0) is 35.4 Å². The lowest BCUT2D eigenvalue weighted by Crippen LogP contribution is -2.32. The van der Waals surface area contributed by atoms with Crippen molar-refractivity contribution in [3.05, 3.63) is 70.8 Å². The Bertz CT molecular complexity index is 1070. The third-order valence-electron chi connectivity index (χ3n) is 4.87. The first-order valence-electron chi connectivity index (χ1n) is 9.53. The highest BCUT2D eigenvalue weighted by atomic mass is 35.5. The number of carbonyl (C=O) groups is 1. The van der Waals surface area contributed by atoms with Gasteiger partial charge in [0, 0.05) is 19.4 Å².